The summed E-state index contributed by atoms with van der Waals surface area (Å²) in [7, 11) is 0. The molecule has 3 nitrogen and oxygen atoms in total. The highest BCUT2D eigenvalue weighted by molar-refractivity contribution is 6.34. The van der Waals surface area contributed by atoms with Crippen molar-refractivity contribution in [3.05, 3.63) is 35.4 Å². The van der Waals surface area contributed by atoms with Crippen molar-refractivity contribution in [2.45, 2.75) is 0 Å². The molecule has 0 saturated heterocycles. The minimum absolute atomic E-state index is 0.0335. The molecule has 0 aliphatic rings. The van der Waals surface area contributed by atoms with E-state index in [4.69, 9.17) is 16.1 Å². The van der Waals surface area contributed by atoms with Gasteiger partial charge in [0.1, 0.15) is 0 Å². The Bertz CT molecular complexity index is 411. The van der Waals surface area contributed by atoms with Crippen LogP contribution in [0.1, 0.15) is 0 Å². The molecule has 0 saturated carbocycles. The van der Waals surface area contributed by atoms with Crippen LogP contribution in [0.3, 0.4) is 0 Å². The lowest BCUT2D eigenvalue weighted by Crippen LogP contribution is -1.72. The monoisotopic (exact) mass is 194 g/mol. The molecule has 1 radical (unpaired) electrons. The third kappa shape index (κ3) is 1.38. The normalized spacial score (nSPS) is 10.2. The zero-order valence-corrected chi connectivity index (χ0v) is 7.28. The quantitative estimate of drug-likeness (QED) is 0.700. The predicted molar refractivity (Wildman–Crippen MR) is 47.1 cm³/mol. The smallest absolute Gasteiger partial charge is 0.327 e. The summed E-state index contributed by atoms with van der Waals surface area (Å²) in [6.07, 6.45) is 0. The summed E-state index contributed by atoms with van der Waals surface area (Å²) in [6, 6.07) is 9.13. The number of hydrogen-bond acceptors (Lipinski definition) is 2. The summed E-state index contributed by atoms with van der Waals surface area (Å²) in [5.41, 5.74) is 0.752. The van der Waals surface area contributed by atoms with Gasteiger partial charge in [0, 0.05) is 5.56 Å². The molecule has 0 unspecified atom stereocenters. The molecule has 0 aliphatic heterocycles. The van der Waals surface area contributed by atoms with Crippen LogP contribution in [-0.4, -0.2) is 5.16 Å². The maximum absolute atomic E-state index is 10.9. The van der Waals surface area contributed by atoms with Gasteiger partial charge in [-0.1, -0.05) is 41.9 Å². The van der Waals surface area contributed by atoms with Gasteiger partial charge < -0.3 is 4.52 Å². The van der Waals surface area contributed by atoms with Crippen molar-refractivity contribution in [3.8, 4) is 17.2 Å². The van der Waals surface area contributed by atoms with Crippen LogP contribution in [0.4, 0.5) is 0 Å². The molecular weight excluding hydrogens is 190 g/mol. The Morgan fingerprint density at radius 1 is 1.23 bits per heavy atom. The van der Waals surface area contributed by atoms with Gasteiger partial charge in [-0.05, 0) is 5.16 Å². The Balaban J connectivity index is 2.53. The van der Waals surface area contributed by atoms with Crippen LogP contribution in [0.5, 0.6) is 5.88 Å². The molecule has 1 aromatic heterocycles. The Morgan fingerprint density at radius 3 is 2.46 bits per heavy atom. The van der Waals surface area contributed by atoms with Gasteiger partial charge in [0.05, 0.1) is 0 Å². The summed E-state index contributed by atoms with van der Waals surface area (Å²) < 4.78 is 4.79. The molecule has 0 fully saturated rings. The summed E-state index contributed by atoms with van der Waals surface area (Å²) >= 11 is 5.67. The van der Waals surface area contributed by atoms with Crippen LogP contribution in [0.2, 0.25) is 5.02 Å². The first-order valence-electron chi connectivity index (χ1n) is 3.66. The van der Waals surface area contributed by atoms with E-state index >= 15 is 0 Å². The molecule has 4 heteroatoms. The fourth-order valence-corrected chi connectivity index (χ4v) is 1.21. The van der Waals surface area contributed by atoms with Gasteiger partial charge in [-0.2, -0.15) is 0 Å². The average molecular weight is 195 g/mol. The molecular formula is C9H5ClNO2. The fourth-order valence-electron chi connectivity index (χ4n) is 1.03. The predicted octanol–water partition coefficient (Wildman–Crippen LogP) is 3.14. The molecule has 65 valence electrons. The van der Waals surface area contributed by atoms with E-state index in [1.165, 1.54) is 0 Å². The number of aromatic nitrogens is 1. The standard InChI is InChI=1S/C9H5ClNO2/c10-7-8(13-11-9(7)12)6-4-2-1-3-5-6/h1-5H. The lowest BCUT2D eigenvalue weighted by Gasteiger charge is -1.93. The SMILES string of the molecule is [O]c1noc(-c2ccccc2)c1Cl. The molecule has 1 aromatic carbocycles. The minimum atomic E-state index is -0.527. The molecule has 0 spiro atoms. The maximum atomic E-state index is 10.9. The zero-order chi connectivity index (χ0) is 9.26. The van der Waals surface area contributed by atoms with Gasteiger partial charge in [-0.25, -0.2) is 0 Å². The van der Waals surface area contributed by atoms with Gasteiger partial charge in [0.15, 0.2) is 10.8 Å². The Kier molecular flexibility index (Phi) is 1.94. The summed E-state index contributed by atoms with van der Waals surface area (Å²) in [5, 5.41) is 14.1. The molecule has 1 heterocycles. The van der Waals surface area contributed by atoms with Crippen LogP contribution < -0.4 is 0 Å². The van der Waals surface area contributed by atoms with Crippen molar-refractivity contribution in [3.63, 3.8) is 0 Å². The summed E-state index contributed by atoms with van der Waals surface area (Å²) in [5.74, 6) is -0.201. The van der Waals surface area contributed by atoms with Crippen LogP contribution in [0.15, 0.2) is 34.9 Å². The molecule has 0 amide bonds. The number of benzene rings is 1. The van der Waals surface area contributed by atoms with E-state index in [1.54, 1.807) is 12.1 Å². The molecule has 0 bridgehead atoms. The van der Waals surface area contributed by atoms with Crippen molar-refractivity contribution in [2.24, 2.45) is 0 Å². The number of hydrogen-bond donors (Lipinski definition) is 0. The van der Waals surface area contributed by atoms with Crippen LogP contribution >= 0.6 is 11.6 Å². The fraction of sp³-hybridized carbons (Fsp3) is 0. The first kappa shape index (κ1) is 8.13. The van der Waals surface area contributed by atoms with Crippen molar-refractivity contribution in [1.82, 2.24) is 5.16 Å². The Labute approximate surface area is 79.6 Å². The number of rotatable bonds is 1. The van der Waals surface area contributed by atoms with Gasteiger partial charge in [-0.3, -0.25) is 5.11 Å². The molecule has 2 aromatic rings. The van der Waals surface area contributed by atoms with Gasteiger partial charge in [0.2, 0.25) is 0 Å². The second-order valence-electron chi connectivity index (χ2n) is 2.50. The second-order valence-corrected chi connectivity index (χ2v) is 2.87. The van der Waals surface area contributed by atoms with Crippen LogP contribution in [-0.2, 0) is 5.11 Å². The number of halogens is 1. The zero-order valence-electron chi connectivity index (χ0n) is 6.53. The van der Waals surface area contributed by atoms with Crippen molar-refractivity contribution in [1.29, 1.82) is 0 Å². The number of nitrogens with zero attached hydrogens (tertiary/aromatic N) is 1. The van der Waals surface area contributed by atoms with E-state index < -0.39 is 5.88 Å². The molecule has 0 atom stereocenters. The van der Waals surface area contributed by atoms with E-state index in [0.717, 1.165) is 5.56 Å². The molecule has 0 aliphatic carbocycles. The third-order valence-electron chi connectivity index (χ3n) is 1.64. The van der Waals surface area contributed by atoms with E-state index in [0.29, 0.717) is 5.76 Å². The van der Waals surface area contributed by atoms with Gasteiger partial charge >= 0.3 is 5.88 Å². The topological polar surface area (TPSA) is 45.9 Å². The van der Waals surface area contributed by atoms with E-state index in [-0.39, 0.29) is 5.02 Å². The van der Waals surface area contributed by atoms with E-state index in [1.807, 2.05) is 18.2 Å². The van der Waals surface area contributed by atoms with Gasteiger partial charge in [-0.15, -0.1) is 0 Å². The largest absolute Gasteiger partial charge is 0.351 e. The van der Waals surface area contributed by atoms with Crippen molar-refractivity contribution in [2.75, 3.05) is 0 Å². The highest BCUT2D eigenvalue weighted by Crippen LogP contribution is 2.34. The average Bonchev–Trinajstić information content (AvgIpc) is 2.49. The van der Waals surface area contributed by atoms with Crippen molar-refractivity contribution >= 4 is 11.6 Å². The second kappa shape index (κ2) is 3.11. The van der Waals surface area contributed by atoms with Crippen LogP contribution in [0, 0.1) is 0 Å². The molecule has 13 heavy (non-hydrogen) atoms. The summed E-state index contributed by atoms with van der Waals surface area (Å²) in [4.78, 5) is 0. The van der Waals surface area contributed by atoms with E-state index in [9.17, 15) is 5.11 Å². The van der Waals surface area contributed by atoms with Crippen molar-refractivity contribution < 1.29 is 9.63 Å². The summed E-state index contributed by atoms with van der Waals surface area (Å²) in [6.45, 7) is 0. The highest BCUT2D eigenvalue weighted by atomic mass is 35.5. The Morgan fingerprint density at radius 2 is 1.92 bits per heavy atom. The lowest BCUT2D eigenvalue weighted by atomic mass is 10.2. The molecule has 2 rings (SSSR count). The first-order chi connectivity index (χ1) is 6.29. The lowest BCUT2D eigenvalue weighted by molar-refractivity contribution is 0.298. The molecule has 0 N–H and O–H groups in total. The van der Waals surface area contributed by atoms with Gasteiger partial charge in [0.25, 0.3) is 0 Å². The first-order valence-corrected chi connectivity index (χ1v) is 4.04. The maximum Gasteiger partial charge on any atom is 0.327 e. The minimum Gasteiger partial charge on any atom is -0.351 e. The third-order valence-corrected chi connectivity index (χ3v) is 1.98. The Hall–Kier alpha value is -1.48. The van der Waals surface area contributed by atoms with E-state index in [2.05, 4.69) is 5.16 Å². The van der Waals surface area contributed by atoms with Crippen LogP contribution in [0.25, 0.3) is 11.3 Å². The highest BCUT2D eigenvalue weighted by Gasteiger charge is 2.15.